The first-order valence-corrected chi connectivity index (χ1v) is 10.6. The van der Waals surface area contributed by atoms with Crippen LogP contribution in [0.25, 0.3) is 0 Å². The van der Waals surface area contributed by atoms with Gasteiger partial charge in [0.1, 0.15) is 0 Å². The molecular weight excluding hydrogens is 436 g/mol. The molecule has 1 fully saturated rings. The summed E-state index contributed by atoms with van der Waals surface area (Å²) < 4.78 is 20.8. The van der Waals surface area contributed by atoms with Gasteiger partial charge in [-0.3, -0.25) is 9.69 Å². The van der Waals surface area contributed by atoms with E-state index in [1.54, 1.807) is 18.2 Å². The lowest BCUT2D eigenvalue weighted by atomic mass is 10.0. The SMILES string of the molecule is COC(=O)COc1ccc(C(=O)NCC(c2ccc(Cl)cc2)N2CCOCC2)cc1OC. The maximum absolute atomic E-state index is 12.9. The average Bonchev–Trinajstić information content (AvgIpc) is 2.84. The Balaban J connectivity index is 1.69. The molecule has 2 aromatic carbocycles. The average molecular weight is 463 g/mol. The molecule has 32 heavy (non-hydrogen) atoms. The Labute approximate surface area is 192 Å². The third kappa shape index (κ3) is 6.35. The van der Waals surface area contributed by atoms with Crippen molar-refractivity contribution < 1.29 is 28.5 Å². The Kier molecular flexibility index (Phi) is 8.72. The van der Waals surface area contributed by atoms with Crippen molar-refractivity contribution in [1.29, 1.82) is 0 Å². The van der Waals surface area contributed by atoms with Crippen molar-refractivity contribution in [2.75, 3.05) is 53.7 Å². The van der Waals surface area contributed by atoms with Crippen molar-refractivity contribution in [3.63, 3.8) is 0 Å². The number of hydrogen-bond acceptors (Lipinski definition) is 7. The molecule has 0 bridgehead atoms. The number of benzene rings is 2. The second-order valence-corrected chi connectivity index (χ2v) is 7.59. The predicted molar refractivity (Wildman–Crippen MR) is 119 cm³/mol. The Bertz CT molecular complexity index is 915. The number of carbonyl (C=O) groups excluding carboxylic acids is 2. The van der Waals surface area contributed by atoms with Gasteiger partial charge in [-0.15, -0.1) is 0 Å². The molecule has 8 nitrogen and oxygen atoms in total. The van der Waals surface area contributed by atoms with E-state index in [4.69, 9.17) is 25.8 Å². The number of carbonyl (C=O) groups is 2. The molecule has 0 aliphatic carbocycles. The van der Waals surface area contributed by atoms with Crippen LogP contribution in [0.15, 0.2) is 42.5 Å². The Morgan fingerprint density at radius 1 is 1.09 bits per heavy atom. The Morgan fingerprint density at radius 2 is 1.81 bits per heavy atom. The fourth-order valence-corrected chi connectivity index (χ4v) is 3.57. The number of amides is 1. The summed E-state index contributed by atoms with van der Waals surface area (Å²) in [7, 11) is 2.75. The van der Waals surface area contributed by atoms with Crippen LogP contribution in [0.3, 0.4) is 0 Å². The standard InChI is InChI=1S/C23H27ClN2O6/c1-29-21-13-17(5-8-20(21)32-15-22(27)30-2)23(28)25-14-19(26-9-11-31-12-10-26)16-3-6-18(24)7-4-16/h3-8,13,19H,9-12,14-15H2,1-2H3,(H,25,28). The summed E-state index contributed by atoms with van der Waals surface area (Å²) >= 11 is 6.05. The number of ether oxygens (including phenoxy) is 4. The highest BCUT2D eigenvalue weighted by molar-refractivity contribution is 6.30. The summed E-state index contributed by atoms with van der Waals surface area (Å²) in [6, 6.07) is 12.4. The van der Waals surface area contributed by atoms with Crippen LogP contribution >= 0.6 is 11.6 Å². The van der Waals surface area contributed by atoms with Crippen LogP contribution in [-0.4, -0.2) is 70.5 Å². The molecule has 9 heteroatoms. The minimum atomic E-state index is -0.509. The van der Waals surface area contributed by atoms with Gasteiger partial charge in [0.05, 0.1) is 33.5 Å². The van der Waals surface area contributed by atoms with Crippen molar-refractivity contribution in [3.05, 3.63) is 58.6 Å². The quantitative estimate of drug-likeness (QED) is 0.573. The van der Waals surface area contributed by atoms with Crippen LogP contribution in [0, 0.1) is 0 Å². The highest BCUT2D eigenvalue weighted by Crippen LogP contribution is 2.28. The molecule has 1 saturated heterocycles. The van der Waals surface area contributed by atoms with E-state index < -0.39 is 5.97 Å². The molecule has 1 amide bonds. The maximum atomic E-state index is 12.9. The zero-order valence-corrected chi connectivity index (χ0v) is 18.9. The highest BCUT2D eigenvalue weighted by Gasteiger charge is 2.23. The third-order valence-electron chi connectivity index (χ3n) is 5.20. The van der Waals surface area contributed by atoms with E-state index in [-0.39, 0.29) is 18.6 Å². The molecule has 1 heterocycles. The summed E-state index contributed by atoms with van der Waals surface area (Å²) in [4.78, 5) is 26.5. The number of methoxy groups -OCH3 is 2. The second-order valence-electron chi connectivity index (χ2n) is 7.16. The minimum absolute atomic E-state index is 0.00956. The van der Waals surface area contributed by atoms with Gasteiger partial charge in [0.25, 0.3) is 5.91 Å². The molecule has 1 atom stereocenters. The van der Waals surface area contributed by atoms with E-state index in [1.807, 2.05) is 24.3 Å². The zero-order valence-electron chi connectivity index (χ0n) is 18.1. The number of hydrogen-bond donors (Lipinski definition) is 1. The number of morpholine rings is 1. The van der Waals surface area contributed by atoms with Gasteiger partial charge in [-0.2, -0.15) is 0 Å². The van der Waals surface area contributed by atoms with E-state index in [2.05, 4.69) is 15.0 Å². The molecule has 0 aromatic heterocycles. The predicted octanol–water partition coefficient (Wildman–Crippen LogP) is 2.70. The van der Waals surface area contributed by atoms with Crippen molar-refractivity contribution >= 4 is 23.5 Å². The lowest BCUT2D eigenvalue weighted by molar-refractivity contribution is -0.142. The van der Waals surface area contributed by atoms with Crippen LogP contribution in [0.5, 0.6) is 11.5 Å². The Hall–Kier alpha value is -2.81. The molecule has 1 unspecified atom stereocenters. The molecule has 172 valence electrons. The summed E-state index contributed by atoms with van der Waals surface area (Å²) in [5.41, 5.74) is 1.49. The lowest BCUT2D eigenvalue weighted by Crippen LogP contribution is -2.43. The van der Waals surface area contributed by atoms with Gasteiger partial charge in [0, 0.05) is 30.2 Å². The van der Waals surface area contributed by atoms with E-state index in [0.717, 1.165) is 18.7 Å². The smallest absolute Gasteiger partial charge is 0.343 e. The fourth-order valence-electron chi connectivity index (χ4n) is 3.45. The van der Waals surface area contributed by atoms with Crippen LogP contribution in [0.1, 0.15) is 22.0 Å². The summed E-state index contributed by atoms with van der Waals surface area (Å²) in [5.74, 6) is -0.0499. The van der Waals surface area contributed by atoms with E-state index in [9.17, 15) is 9.59 Å². The van der Waals surface area contributed by atoms with Crippen LogP contribution in [0.4, 0.5) is 0 Å². The summed E-state index contributed by atoms with van der Waals surface area (Å²) in [6.45, 7) is 3.04. The molecule has 2 aromatic rings. The van der Waals surface area contributed by atoms with Gasteiger partial charge in [0.2, 0.25) is 0 Å². The van der Waals surface area contributed by atoms with Gasteiger partial charge < -0.3 is 24.3 Å². The van der Waals surface area contributed by atoms with Gasteiger partial charge in [-0.05, 0) is 35.9 Å². The van der Waals surface area contributed by atoms with Crippen LogP contribution in [0.2, 0.25) is 5.02 Å². The van der Waals surface area contributed by atoms with Gasteiger partial charge in [-0.25, -0.2) is 4.79 Å². The van der Waals surface area contributed by atoms with E-state index in [0.29, 0.717) is 41.8 Å². The number of nitrogens with one attached hydrogen (secondary N) is 1. The Morgan fingerprint density at radius 3 is 2.47 bits per heavy atom. The molecule has 0 saturated carbocycles. The van der Waals surface area contributed by atoms with Crippen molar-refractivity contribution in [3.8, 4) is 11.5 Å². The number of halogens is 1. The second kappa shape index (κ2) is 11.7. The first-order chi connectivity index (χ1) is 15.5. The topological polar surface area (TPSA) is 86.3 Å². The largest absolute Gasteiger partial charge is 0.493 e. The number of nitrogens with zero attached hydrogens (tertiary/aromatic N) is 1. The first-order valence-electron chi connectivity index (χ1n) is 10.2. The molecule has 1 aliphatic heterocycles. The normalized spacial score (nSPS) is 15.0. The minimum Gasteiger partial charge on any atom is -0.493 e. The zero-order chi connectivity index (χ0) is 22.9. The number of esters is 1. The molecule has 0 radical (unpaired) electrons. The van der Waals surface area contributed by atoms with Crippen molar-refractivity contribution in [1.82, 2.24) is 10.2 Å². The number of rotatable bonds is 9. The highest BCUT2D eigenvalue weighted by atomic mass is 35.5. The maximum Gasteiger partial charge on any atom is 0.343 e. The van der Waals surface area contributed by atoms with E-state index >= 15 is 0 Å². The summed E-state index contributed by atoms with van der Waals surface area (Å²) in [5, 5.41) is 3.68. The monoisotopic (exact) mass is 462 g/mol. The van der Waals surface area contributed by atoms with Crippen LogP contribution in [-0.2, 0) is 14.3 Å². The van der Waals surface area contributed by atoms with Crippen molar-refractivity contribution in [2.45, 2.75) is 6.04 Å². The lowest BCUT2D eigenvalue weighted by Gasteiger charge is -2.35. The molecule has 1 aliphatic rings. The van der Waals surface area contributed by atoms with E-state index in [1.165, 1.54) is 14.2 Å². The molecule has 3 rings (SSSR count). The molecule has 0 spiro atoms. The third-order valence-corrected chi connectivity index (χ3v) is 5.45. The fraction of sp³-hybridized carbons (Fsp3) is 0.391. The molecule has 1 N–H and O–H groups in total. The van der Waals surface area contributed by atoms with Gasteiger partial charge in [-0.1, -0.05) is 23.7 Å². The van der Waals surface area contributed by atoms with Crippen molar-refractivity contribution in [2.24, 2.45) is 0 Å². The first kappa shape index (κ1) is 23.8. The molecular formula is C23H27ClN2O6. The summed E-state index contributed by atoms with van der Waals surface area (Å²) in [6.07, 6.45) is 0. The van der Waals surface area contributed by atoms with Gasteiger partial charge >= 0.3 is 5.97 Å². The van der Waals surface area contributed by atoms with Gasteiger partial charge in [0.15, 0.2) is 18.1 Å². The van der Waals surface area contributed by atoms with Crippen LogP contribution < -0.4 is 14.8 Å².